The highest BCUT2D eigenvalue weighted by Gasteiger charge is 2.41. The van der Waals surface area contributed by atoms with E-state index in [1.165, 1.54) is 0 Å². The minimum absolute atomic E-state index is 0.303. The Bertz CT molecular complexity index is 478. The zero-order valence-electron chi connectivity index (χ0n) is 12.3. The number of nitrogens with one attached hydrogen (secondary N) is 1. The molecule has 0 amide bonds. The molecule has 2 saturated heterocycles. The Hall–Kier alpha value is -1.26. The second-order valence-corrected chi connectivity index (χ2v) is 5.95. The Kier molecular flexibility index (Phi) is 3.85. The summed E-state index contributed by atoms with van der Waals surface area (Å²) in [5.74, 6) is 2.42. The monoisotopic (exact) mass is 276 g/mol. The van der Waals surface area contributed by atoms with Crippen LogP contribution in [0.4, 0.5) is 0 Å². The van der Waals surface area contributed by atoms with Gasteiger partial charge in [-0.15, -0.1) is 0 Å². The molecule has 4 nitrogen and oxygen atoms in total. The van der Waals surface area contributed by atoms with Crippen LogP contribution in [0.2, 0.25) is 0 Å². The van der Waals surface area contributed by atoms with Crippen LogP contribution >= 0.6 is 0 Å². The molecule has 1 aromatic carbocycles. The van der Waals surface area contributed by atoms with Crippen molar-refractivity contribution in [3.8, 4) is 11.5 Å². The van der Waals surface area contributed by atoms with E-state index in [4.69, 9.17) is 4.74 Å². The predicted molar refractivity (Wildman–Crippen MR) is 79.0 cm³/mol. The van der Waals surface area contributed by atoms with Gasteiger partial charge in [0.2, 0.25) is 0 Å². The molecule has 0 aliphatic carbocycles. The fourth-order valence-electron chi connectivity index (χ4n) is 3.65. The number of nitrogens with zero attached hydrogens (tertiary/aromatic N) is 1. The van der Waals surface area contributed by atoms with Crippen molar-refractivity contribution in [2.45, 2.75) is 26.4 Å². The smallest absolute Gasteiger partial charge is 0.162 e. The van der Waals surface area contributed by atoms with Gasteiger partial charge in [0.25, 0.3) is 0 Å². The van der Waals surface area contributed by atoms with Crippen LogP contribution in [0.5, 0.6) is 11.5 Å². The summed E-state index contributed by atoms with van der Waals surface area (Å²) in [6.45, 7) is 9.01. The average Bonchev–Trinajstić information content (AvgIpc) is 2.99. The van der Waals surface area contributed by atoms with Gasteiger partial charge in [0, 0.05) is 24.7 Å². The highest BCUT2D eigenvalue weighted by atomic mass is 16.5. The summed E-state index contributed by atoms with van der Waals surface area (Å²) >= 11 is 0. The molecule has 0 saturated carbocycles. The predicted octanol–water partition coefficient (Wildman–Crippen LogP) is 1.83. The van der Waals surface area contributed by atoms with Crippen molar-refractivity contribution in [3.63, 3.8) is 0 Å². The Labute approximate surface area is 120 Å². The first-order valence-electron chi connectivity index (χ1n) is 7.59. The van der Waals surface area contributed by atoms with Gasteiger partial charge < -0.3 is 15.2 Å². The number of phenols is 1. The van der Waals surface area contributed by atoms with Gasteiger partial charge in [0.15, 0.2) is 11.5 Å². The molecular formula is C16H24N2O2. The van der Waals surface area contributed by atoms with E-state index in [0.717, 1.165) is 43.6 Å². The van der Waals surface area contributed by atoms with Crippen molar-refractivity contribution >= 4 is 0 Å². The first-order chi connectivity index (χ1) is 9.70. The molecular weight excluding hydrogens is 252 g/mol. The molecule has 2 aliphatic rings. The maximum Gasteiger partial charge on any atom is 0.162 e. The highest BCUT2D eigenvalue weighted by Crippen LogP contribution is 2.36. The standard InChI is InChI=1S/C16H24N2O2/c1-3-20-15-6-4-5-12(16(15)19)9-18-10-13-7-17-8-14(13)11(18)2/h4-6,11,13-14,17,19H,3,7-10H2,1-2H3. The summed E-state index contributed by atoms with van der Waals surface area (Å²) in [7, 11) is 0. The van der Waals surface area contributed by atoms with Crippen molar-refractivity contribution in [1.29, 1.82) is 0 Å². The molecule has 2 fully saturated rings. The molecule has 0 spiro atoms. The lowest BCUT2D eigenvalue weighted by Gasteiger charge is -2.25. The van der Waals surface area contributed by atoms with E-state index in [2.05, 4.69) is 17.1 Å². The van der Waals surface area contributed by atoms with E-state index in [9.17, 15) is 5.11 Å². The molecule has 0 bridgehead atoms. The summed E-state index contributed by atoms with van der Waals surface area (Å²) in [6, 6.07) is 6.36. The Morgan fingerprint density at radius 3 is 3.00 bits per heavy atom. The van der Waals surface area contributed by atoms with Crippen LogP contribution in [0, 0.1) is 11.8 Å². The number of phenolic OH excluding ortho intramolecular Hbond substituents is 1. The van der Waals surface area contributed by atoms with E-state index < -0.39 is 0 Å². The van der Waals surface area contributed by atoms with Gasteiger partial charge in [-0.1, -0.05) is 12.1 Å². The molecule has 4 heteroatoms. The normalized spacial score (nSPS) is 29.6. The Morgan fingerprint density at radius 1 is 1.40 bits per heavy atom. The van der Waals surface area contributed by atoms with E-state index in [0.29, 0.717) is 24.1 Å². The summed E-state index contributed by atoms with van der Waals surface area (Å²) in [4.78, 5) is 2.49. The molecule has 1 aromatic rings. The van der Waals surface area contributed by atoms with Crippen LogP contribution < -0.4 is 10.1 Å². The van der Waals surface area contributed by atoms with Crippen molar-refractivity contribution in [2.24, 2.45) is 11.8 Å². The van der Waals surface area contributed by atoms with Crippen LogP contribution in [0.15, 0.2) is 18.2 Å². The Morgan fingerprint density at radius 2 is 2.25 bits per heavy atom. The fraction of sp³-hybridized carbons (Fsp3) is 0.625. The van der Waals surface area contributed by atoms with Crippen molar-refractivity contribution in [1.82, 2.24) is 10.2 Å². The number of ether oxygens (including phenoxy) is 1. The van der Waals surface area contributed by atoms with E-state index in [1.807, 2.05) is 25.1 Å². The third-order valence-corrected chi connectivity index (χ3v) is 4.81. The number of benzene rings is 1. The van der Waals surface area contributed by atoms with Gasteiger partial charge in [-0.25, -0.2) is 0 Å². The third kappa shape index (κ3) is 2.38. The lowest BCUT2D eigenvalue weighted by atomic mass is 9.95. The van der Waals surface area contributed by atoms with Crippen LogP contribution in [-0.4, -0.2) is 42.3 Å². The van der Waals surface area contributed by atoms with Crippen LogP contribution in [-0.2, 0) is 6.54 Å². The molecule has 20 heavy (non-hydrogen) atoms. The molecule has 0 aromatic heterocycles. The first-order valence-corrected chi connectivity index (χ1v) is 7.59. The minimum Gasteiger partial charge on any atom is -0.504 e. The molecule has 2 heterocycles. The quantitative estimate of drug-likeness (QED) is 0.880. The topological polar surface area (TPSA) is 44.7 Å². The maximum atomic E-state index is 10.3. The molecule has 0 radical (unpaired) electrons. The second-order valence-electron chi connectivity index (χ2n) is 5.95. The SMILES string of the molecule is CCOc1cccc(CN2CC3CNCC3C2C)c1O. The number of hydrogen-bond donors (Lipinski definition) is 2. The van der Waals surface area contributed by atoms with Gasteiger partial charge in [-0.2, -0.15) is 0 Å². The van der Waals surface area contributed by atoms with E-state index in [-0.39, 0.29) is 0 Å². The molecule has 3 unspecified atom stereocenters. The average molecular weight is 276 g/mol. The van der Waals surface area contributed by atoms with Gasteiger partial charge in [-0.3, -0.25) is 4.90 Å². The van der Waals surface area contributed by atoms with Crippen molar-refractivity contribution < 1.29 is 9.84 Å². The maximum absolute atomic E-state index is 10.3. The summed E-state index contributed by atoms with van der Waals surface area (Å²) < 4.78 is 5.46. The van der Waals surface area contributed by atoms with Crippen LogP contribution in [0.3, 0.4) is 0 Å². The minimum atomic E-state index is 0.303. The molecule has 3 atom stereocenters. The third-order valence-electron chi connectivity index (χ3n) is 4.81. The summed E-state index contributed by atoms with van der Waals surface area (Å²) in [5.41, 5.74) is 0.968. The van der Waals surface area contributed by atoms with Crippen LogP contribution in [0.1, 0.15) is 19.4 Å². The van der Waals surface area contributed by atoms with Gasteiger partial charge in [0.05, 0.1) is 6.61 Å². The van der Waals surface area contributed by atoms with E-state index in [1.54, 1.807) is 0 Å². The number of fused-ring (bicyclic) bond motifs is 1. The molecule has 2 aliphatic heterocycles. The van der Waals surface area contributed by atoms with Crippen molar-refractivity contribution in [2.75, 3.05) is 26.2 Å². The molecule has 110 valence electrons. The first kappa shape index (κ1) is 13.7. The second kappa shape index (κ2) is 5.62. The largest absolute Gasteiger partial charge is 0.504 e. The Balaban J connectivity index is 1.73. The van der Waals surface area contributed by atoms with E-state index >= 15 is 0 Å². The van der Waals surface area contributed by atoms with Gasteiger partial charge in [-0.05, 0) is 44.8 Å². The zero-order valence-corrected chi connectivity index (χ0v) is 12.3. The van der Waals surface area contributed by atoms with Crippen molar-refractivity contribution in [3.05, 3.63) is 23.8 Å². The highest BCUT2D eigenvalue weighted by molar-refractivity contribution is 5.45. The lowest BCUT2D eigenvalue weighted by Crippen LogP contribution is -2.32. The summed E-state index contributed by atoms with van der Waals surface area (Å²) in [5, 5.41) is 13.8. The zero-order chi connectivity index (χ0) is 14.1. The van der Waals surface area contributed by atoms with Gasteiger partial charge >= 0.3 is 0 Å². The lowest BCUT2D eigenvalue weighted by molar-refractivity contribution is 0.227. The summed E-state index contributed by atoms with van der Waals surface area (Å²) in [6.07, 6.45) is 0. The number of likely N-dealkylation sites (tertiary alicyclic amines) is 1. The molecule has 3 rings (SSSR count). The number of rotatable bonds is 4. The number of hydrogen-bond acceptors (Lipinski definition) is 4. The fourth-order valence-corrected chi connectivity index (χ4v) is 3.65. The van der Waals surface area contributed by atoms with Gasteiger partial charge in [0.1, 0.15) is 0 Å². The van der Waals surface area contributed by atoms with Crippen LogP contribution in [0.25, 0.3) is 0 Å². The molecule has 2 N–H and O–H groups in total. The number of aromatic hydroxyl groups is 1. The number of para-hydroxylation sites is 1.